The summed E-state index contributed by atoms with van der Waals surface area (Å²) in [6.07, 6.45) is 22.4. The smallest absolute Gasteiger partial charge is 0.220 e. The normalized spacial score (nSPS) is 16.1. The van der Waals surface area contributed by atoms with Gasteiger partial charge < -0.3 is 10.4 Å². The Labute approximate surface area is 162 Å². The van der Waals surface area contributed by atoms with E-state index >= 15 is 0 Å². The Morgan fingerprint density at radius 2 is 1.35 bits per heavy atom. The molecule has 0 radical (unpaired) electrons. The first-order chi connectivity index (χ1) is 12.7. The SMILES string of the molecule is CCCCCCC(O)CCCCCCCCCCC(=O)NC1CCCC1. The first-order valence-electron chi connectivity index (χ1n) is 11.7. The first kappa shape index (κ1) is 23.5. The average Bonchev–Trinajstić information content (AvgIpc) is 3.13. The summed E-state index contributed by atoms with van der Waals surface area (Å²) in [6, 6.07) is 0.470. The van der Waals surface area contributed by atoms with Gasteiger partial charge in [0, 0.05) is 12.5 Å². The van der Waals surface area contributed by atoms with E-state index in [1.165, 1.54) is 96.3 Å². The molecule has 0 aromatic carbocycles. The van der Waals surface area contributed by atoms with Crippen molar-refractivity contribution in [3.8, 4) is 0 Å². The van der Waals surface area contributed by atoms with Crippen molar-refractivity contribution in [2.45, 2.75) is 141 Å². The Kier molecular flexibility index (Phi) is 15.0. The number of carbonyl (C=O) groups excluding carboxylic acids is 1. The second kappa shape index (κ2) is 16.6. The van der Waals surface area contributed by atoms with Gasteiger partial charge in [0.2, 0.25) is 5.91 Å². The number of carbonyl (C=O) groups is 1. The zero-order valence-corrected chi connectivity index (χ0v) is 17.4. The number of aliphatic hydroxyl groups is 1. The van der Waals surface area contributed by atoms with E-state index in [0.29, 0.717) is 12.5 Å². The van der Waals surface area contributed by atoms with Crippen LogP contribution in [0.3, 0.4) is 0 Å². The minimum absolute atomic E-state index is 0.0674. The summed E-state index contributed by atoms with van der Waals surface area (Å²) in [7, 11) is 0. The van der Waals surface area contributed by atoms with Crippen molar-refractivity contribution in [3.63, 3.8) is 0 Å². The lowest BCUT2D eigenvalue weighted by Crippen LogP contribution is -2.32. The van der Waals surface area contributed by atoms with Crippen molar-refractivity contribution in [2.24, 2.45) is 0 Å². The third-order valence-corrected chi connectivity index (χ3v) is 5.80. The van der Waals surface area contributed by atoms with Gasteiger partial charge in [-0.15, -0.1) is 0 Å². The maximum atomic E-state index is 11.8. The Morgan fingerprint density at radius 1 is 0.846 bits per heavy atom. The van der Waals surface area contributed by atoms with Crippen LogP contribution in [0.4, 0.5) is 0 Å². The molecular formula is C23H45NO2. The van der Waals surface area contributed by atoms with Gasteiger partial charge in [-0.25, -0.2) is 0 Å². The number of nitrogens with one attached hydrogen (secondary N) is 1. The molecule has 1 saturated carbocycles. The Hall–Kier alpha value is -0.570. The van der Waals surface area contributed by atoms with Gasteiger partial charge in [0.25, 0.3) is 0 Å². The molecule has 0 aromatic heterocycles. The van der Waals surface area contributed by atoms with Gasteiger partial charge in [-0.1, -0.05) is 90.4 Å². The van der Waals surface area contributed by atoms with Crippen LogP contribution < -0.4 is 5.32 Å². The third kappa shape index (κ3) is 13.6. The highest BCUT2D eigenvalue weighted by Gasteiger charge is 2.16. The van der Waals surface area contributed by atoms with Crippen LogP contribution in [0.1, 0.15) is 129 Å². The zero-order valence-electron chi connectivity index (χ0n) is 17.4. The van der Waals surface area contributed by atoms with Crippen molar-refractivity contribution in [1.82, 2.24) is 5.32 Å². The van der Waals surface area contributed by atoms with Gasteiger partial charge in [0.1, 0.15) is 0 Å². The van der Waals surface area contributed by atoms with Gasteiger partial charge in [-0.3, -0.25) is 4.79 Å². The van der Waals surface area contributed by atoms with Gasteiger partial charge in [-0.2, -0.15) is 0 Å². The van der Waals surface area contributed by atoms with Crippen LogP contribution in [0.25, 0.3) is 0 Å². The fourth-order valence-corrected chi connectivity index (χ4v) is 4.05. The largest absolute Gasteiger partial charge is 0.393 e. The molecular weight excluding hydrogens is 322 g/mol. The summed E-state index contributed by atoms with van der Waals surface area (Å²) in [6.45, 7) is 2.23. The van der Waals surface area contributed by atoms with E-state index in [0.717, 1.165) is 19.3 Å². The van der Waals surface area contributed by atoms with Crippen LogP contribution in [-0.2, 0) is 4.79 Å². The molecule has 1 aliphatic rings. The van der Waals surface area contributed by atoms with Crippen LogP contribution in [0.15, 0.2) is 0 Å². The Balaban J connectivity index is 1.77. The molecule has 0 bridgehead atoms. The second-order valence-corrected chi connectivity index (χ2v) is 8.42. The summed E-state index contributed by atoms with van der Waals surface area (Å²) < 4.78 is 0. The van der Waals surface area contributed by atoms with Gasteiger partial charge >= 0.3 is 0 Å². The van der Waals surface area contributed by atoms with Crippen molar-refractivity contribution in [3.05, 3.63) is 0 Å². The van der Waals surface area contributed by atoms with E-state index in [1.807, 2.05) is 0 Å². The molecule has 0 heterocycles. The Bertz CT molecular complexity index is 326. The zero-order chi connectivity index (χ0) is 18.9. The van der Waals surface area contributed by atoms with Gasteiger partial charge in [0.05, 0.1) is 6.10 Å². The maximum Gasteiger partial charge on any atom is 0.220 e. The van der Waals surface area contributed by atoms with E-state index in [4.69, 9.17) is 0 Å². The topological polar surface area (TPSA) is 49.3 Å². The van der Waals surface area contributed by atoms with Gasteiger partial charge in [-0.05, 0) is 32.1 Å². The molecule has 3 nitrogen and oxygen atoms in total. The highest BCUT2D eigenvalue weighted by Crippen LogP contribution is 2.18. The molecule has 1 rings (SSSR count). The monoisotopic (exact) mass is 367 g/mol. The fraction of sp³-hybridized carbons (Fsp3) is 0.957. The van der Waals surface area contributed by atoms with Crippen molar-refractivity contribution in [1.29, 1.82) is 0 Å². The van der Waals surface area contributed by atoms with E-state index < -0.39 is 0 Å². The fourth-order valence-electron chi connectivity index (χ4n) is 4.05. The highest BCUT2D eigenvalue weighted by atomic mass is 16.3. The van der Waals surface area contributed by atoms with Crippen molar-refractivity contribution < 1.29 is 9.90 Å². The minimum Gasteiger partial charge on any atom is -0.393 e. The molecule has 26 heavy (non-hydrogen) atoms. The predicted octanol–water partition coefficient (Wildman–Crippen LogP) is 6.28. The average molecular weight is 368 g/mol. The lowest BCUT2D eigenvalue weighted by atomic mass is 10.0. The molecule has 154 valence electrons. The van der Waals surface area contributed by atoms with Crippen LogP contribution in [0, 0.1) is 0 Å². The Morgan fingerprint density at radius 3 is 1.92 bits per heavy atom. The molecule has 1 unspecified atom stereocenters. The molecule has 0 spiro atoms. The number of aliphatic hydroxyl groups excluding tert-OH is 1. The van der Waals surface area contributed by atoms with Crippen LogP contribution in [0.2, 0.25) is 0 Å². The summed E-state index contributed by atoms with van der Waals surface area (Å²) in [4.78, 5) is 11.8. The van der Waals surface area contributed by atoms with Crippen LogP contribution in [-0.4, -0.2) is 23.2 Å². The van der Waals surface area contributed by atoms with Gasteiger partial charge in [0.15, 0.2) is 0 Å². The minimum atomic E-state index is -0.0674. The summed E-state index contributed by atoms with van der Waals surface area (Å²) in [5, 5.41) is 13.1. The highest BCUT2D eigenvalue weighted by molar-refractivity contribution is 5.76. The molecule has 1 atom stereocenters. The van der Waals surface area contributed by atoms with Crippen molar-refractivity contribution >= 4 is 5.91 Å². The molecule has 1 fully saturated rings. The first-order valence-corrected chi connectivity index (χ1v) is 11.7. The lowest BCUT2D eigenvalue weighted by molar-refractivity contribution is -0.121. The number of unbranched alkanes of at least 4 members (excludes halogenated alkanes) is 10. The standard InChI is InChI=1S/C23H45NO2/c1-2-3-4-11-18-22(25)19-12-9-7-5-6-8-10-13-20-23(26)24-21-16-14-15-17-21/h21-22,25H,2-20H2,1H3,(H,24,26). The molecule has 0 aromatic rings. The molecule has 1 aliphatic carbocycles. The van der Waals surface area contributed by atoms with E-state index in [-0.39, 0.29) is 12.0 Å². The summed E-state index contributed by atoms with van der Waals surface area (Å²) >= 11 is 0. The van der Waals surface area contributed by atoms with Crippen LogP contribution in [0.5, 0.6) is 0 Å². The molecule has 2 N–H and O–H groups in total. The molecule has 0 aliphatic heterocycles. The molecule has 0 saturated heterocycles. The van der Waals surface area contributed by atoms with E-state index in [9.17, 15) is 9.90 Å². The summed E-state index contributed by atoms with van der Waals surface area (Å²) in [5.74, 6) is 0.269. The number of hydrogen-bond donors (Lipinski definition) is 2. The van der Waals surface area contributed by atoms with E-state index in [2.05, 4.69) is 12.2 Å². The summed E-state index contributed by atoms with van der Waals surface area (Å²) in [5.41, 5.74) is 0. The number of amides is 1. The number of hydrogen-bond acceptors (Lipinski definition) is 2. The van der Waals surface area contributed by atoms with E-state index in [1.54, 1.807) is 0 Å². The predicted molar refractivity (Wildman–Crippen MR) is 111 cm³/mol. The number of rotatable bonds is 17. The molecule has 3 heteroatoms. The third-order valence-electron chi connectivity index (χ3n) is 5.80. The van der Waals surface area contributed by atoms with Crippen LogP contribution >= 0.6 is 0 Å². The lowest BCUT2D eigenvalue weighted by Gasteiger charge is -2.11. The maximum absolute atomic E-state index is 11.8. The molecule has 1 amide bonds. The second-order valence-electron chi connectivity index (χ2n) is 8.42. The quantitative estimate of drug-likeness (QED) is 0.297. The van der Waals surface area contributed by atoms with Crippen molar-refractivity contribution in [2.75, 3.05) is 0 Å².